The second-order valence-corrected chi connectivity index (χ2v) is 3.81. The van der Waals surface area contributed by atoms with E-state index in [1.54, 1.807) is 19.1 Å². The lowest BCUT2D eigenvalue weighted by Crippen LogP contribution is -2.32. The maximum atomic E-state index is 12.6. The second-order valence-electron chi connectivity index (χ2n) is 3.81. The molecule has 0 radical (unpaired) electrons. The van der Waals surface area contributed by atoms with Gasteiger partial charge in [-0.2, -0.15) is 14.0 Å². The van der Waals surface area contributed by atoms with E-state index in [2.05, 4.69) is 4.74 Å². The zero-order chi connectivity index (χ0) is 13.8. The molecule has 0 spiro atoms. The molecule has 0 fully saturated rings. The van der Waals surface area contributed by atoms with Crippen molar-refractivity contribution in [1.82, 2.24) is 0 Å². The Balaban J connectivity index is 2.58. The Morgan fingerprint density at radius 1 is 1.39 bits per heavy atom. The number of nitrogens with zero attached hydrogens (tertiary/aromatic N) is 1. The maximum absolute atomic E-state index is 12.6. The van der Waals surface area contributed by atoms with E-state index in [9.17, 15) is 17.6 Å². The van der Waals surface area contributed by atoms with Gasteiger partial charge in [0, 0.05) is 0 Å². The van der Waals surface area contributed by atoms with Gasteiger partial charge in [-0.1, -0.05) is 6.07 Å². The molecule has 1 rings (SSSR count). The molecule has 0 aliphatic heterocycles. The highest BCUT2D eigenvalue weighted by Crippen LogP contribution is 2.23. The molecule has 0 saturated heterocycles. The number of nitriles is 1. The fourth-order valence-electron chi connectivity index (χ4n) is 1.29. The van der Waals surface area contributed by atoms with Gasteiger partial charge in [-0.25, -0.2) is 8.78 Å². The minimum atomic E-state index is -4.14. The van der Waals surface area contributed by atoms with E-state index in [-0.39, 0.29) is 6.61 Å². The summed E-state index contributed by atoms with van der Waals surface area (Å²) < 4.78 is 53.4. The van der Waals surface area contributed by atoms with Crippen molar-refractivity contribution in [2.24, 2.45) is 0 Å². The summed E-state index contributed by atoms with van der Waals surface area (Å²) in [6, 6.07) is 6.56. The zero-order valence-electron chi connectivity index (χ0n) is 9.59. The number of hydrogen-bond acceptors (Lipinski definition) is 2. The molecule has 0 atom stereocenters. The van der Waals surface area contributed by atoms with Crippen LogP contribution < -0.4 is 0 Å². The predicted molar refractivity (Wildman–Crippen MR) is 56.5 cm³/mol. The molecule has 18 heavy (non-hydrogen) atoms. The number of ether oxygens (including phenoxy) is 1. The molecule has 6 heteroatoms. The third-order valence-corrected chi connectivity index (χ3v) is 2.34. The van der Waals surface area contributed by atoms with Crippen LogP contribution in [-0.4, -0.2) is 19.0 Å². The summed E-state index contributed by atoms with van der Waals surface area (Å²) in [5, 5.41) is 8.63. The van der Waals surface area contributed by atoms with E-state index in [1.807, 2.05) is 6.07 Å². The fraction of sp³-hybridized carbons (Fsp3) is 0.417. The first-order valence-electron chi connectivity index (χ1n) is 5.10. The maximum Gasteiger partial charge on any atom is 0.330 e. The van der Waals surface area contributed by atoms with Crippen molar-refractivity contribution >= 4 is 0 Å². The highest BCUT2D eigenvalue weighted by Gasteiger charge is 2.40. The Bertz CT molecular complexity index is 454. The van der Waals surface area contributed by atoms with E-state index >= 15 is 0 Å². The summed E-state index contributed by atoms with van der Waals surface area (Å²) in [4.78, 5) is 0. The Kier molecular flexibility index (Phi) is 4.68. The summed E-state index contributed by atoms with van der Waals surface area (Å²) in [7, 11) is 0. The molecule has 0 aromatic heterocycles. The number of hydrogen-bond donors (Lipinski definition) is 0. The van der Waals surface area contributed by atoms with Gasteiger partial charge in [0.25, 0.3) is 0 Å². The van der Waals surface area contributed by atoms with Crippen LogP contribution >= 0.6 is 0 Å². The van der Waals surface area contributed by atoms with E-state index in [0.717, 1.165) is 0 Å². The van der Waals surface area contributed by atoms with Gasteiger partial charge in [0.15, 0.2) is 0 Å². The van der Waals surface area contributed by atoms with Crippen LogP contribution in [0.1, 0.15) is 16.7 Å². The largest absolute Gasteiger partial charge is 0.370 e. The molecule has 0 N–H and O–H groups in total. The van der Waals surface area contributed by atoms with Crippen LogP contribution in [0.25, 0.3) is 0 Å². The minimum Gasteiger partial charge on any atom is -0.370 e. The standard InChI is InChI=1S/C12H11F4NO/c1-8-4-9(5-17)2-3-10(8)6-18-7-12(15,16)11(13)14/h2-4,11H,6-7H2,1H3. The molecular weight excluding hydrogens is 250 g/mol. The van der Waals surface area contributed by atoms with Gasteiger partial charge in [-0.3, -0.25) is 0 Å². The lowest BCUT2D eigenvalue weighted by Gasteiger charge is -2.15. The van der Waals surface area contributed by atoms with Crippen molar-refractivity contribution in [3.05, 3.63) is 34.9 Å². The molecule has 0 aliphatic rings. The van der Waals surface area contributed by atoms with Crippen molar-refractivity contribution < 1.29 is 22.3 Å². The molecule has 98 valence electrons. The molecule has 1 aromatic rings. The van der Waals surface area contributed by atoms with Crippen LogP contribution in [0.5, 0.6) is 0 Å². The molecule has 0 saturated carbocycles. The van der Waals surface area contributed by atoms with E-state index in [0.29, 0.717) is 16.7 Å². The van der Waals surface area contributed by atoms with Gasteiger partial charge in [-0.15, -0.1) is 0 Å². The Labute approximate surface area is 102 Å². The Hall–Kier alpha value is -1.61. The molecule has 0 unspecified atom stereocenters. The van der Waals surface area contributed by atoms with E-state index < -0.39 is 19.0 Å². The summed E-state index contributed by atoms with van der Waals surface area (Å²) in [5.41, 5.74) is 1.71. The first-order chi connectivity index (χ1) is 8.36. The number of alkyl halides is 4. The average Bonchev–Trinajstić information content (AvgIpc) is 2.30. The van der Waals surface area contributed by atoms with Crippen molar-refractivity contribution in [1.29, 1.82) is 5.26 Å². The van der Waals surface area contributed by atoms with Crippen molar-refractivity contribution in [3.8, 4) is 6.07 Å². The SMILES string of the molecule is Cc1cc(C#N)ccc1COCC(F)(F)C(F)F. The first-order valence-corrected chi connectivity index (χ1v) is 5.10. The summed E-state index contributed by atoms with van der Waals surface area (Å²) in [6.07, 6.45) is -3.74. The number of aryl methyl sites for hydroxylation is 1. The van der Waals surface area contributed by atoms with E-state index in [1.165, 1.54) is 6.07 Å². The van der Waals surface area contributed by atoms with Gasteiger partial charge in [0.1, 0.15) is 6.61 Å². The molecule has 0 amide bonds. The topological polar surface area (TPSA) is 33.0 Å². The third kappa shape index (κ3) is 3.70. The van der Waals surface area contributed by atoms with Gasteiger partial charge in [0.05, 0.1) is 18.2 Å². The molecule has 0 heterocycles. The van der Waals surface area contributed by atoms with Gasteiger partial charge in [0.2, 0.25) is 0 Å². The van der Waals surface area contributed by atoms with E-state index in [4.69, 9.17) is 5.26 Å². The monoisotopic (exact) mass is 261 g/mol. The minimum absolute atomic E-state index is 0.195. The Morgan fingerprint density at radius 3 is 2.56 bits per heavy atom. The van der Waals surface area contributed by atoms with Gasteiger partial charge < -0.3 is 4.74 Å². The van der Waals surface area contributed by atoms with Crippen LogP contribution in [0, 0.1) is 18.3 Å². The molecular formula is C12H11F4NO. The number of benzene rings is 1. The summed E-state index contributed by atoms with van der Waals surface area (Å²) in [6.45, 7) is 0.161. The zero-order valence-corrected chi connectivity index (χ0v) is 9.59. The van der Waals surface area contributed by atoms with Crippen molar-refractivity contribution in [2.75, 3.05) is 6.61 Å². The molecule has 2 nitrogen and oxygen atoms in total. The van der Waals surface area contributed by atoms with Crippen molar-refractivity contribution in [3.63, 3.8) is 0 Å². The lowest BCUT2D eigenvalue weighted by molar-refractivity contribution is -0.168. The third-order valence-electron chi connectivity index (χ3n) is 2.34. The second kappa shape index (κ2) is 5.83. The summed E-state index contributed by atoms with van der Waals surface area (Å²) in [5.74, 6) is -4.14. The molecule has 0 aliphatic carbocycles. The average molecular weight is 261 g/mol. The smallest absolute Gasteiger partial charge is 0.330 e. The van der Waals surface area contributed by atoms with Crippen LogP contribution in [-0.2, 0) is 11.3 Å². The summed E-state index contributed by atoms with van der Waals surface area (Å²) >= 11 is 0. The Morgan fingerprint density at radius 2 is 2.06 bits per heavy atom. The molecule has 1 aromatic carbocycles. The quantitative estimate of drug-likeness (QED) is 0.762. The lowest BCUT2D eigenvalue weighted by atomic mass is 10.1. The molecule has 0 bridgehead atoms. The first kappa shape index (κ1) is 14.5. The fourth-order valence-corrected chi connectivity index (χ4v) is 1.29. The van der Waals surface area contributed by atoms with Crippen LogP contribution in [0.4, 0.5) is 17.6 Å². The van der Waals surface area contributed by atoms with Crippen molar-refractivity contribution in [2.45, 2.75) is 25.9 Å². The highest BCUT2D eigenvalue weighted by atomic mass is 19.3. The van der Waals surface area contributed by atoms with Gasteiger partial charge >= 0.3 is 12.3 Å². The van der Waals surface area contributed by atoms with Crippen LogP contribution in [0.2, 0.25) is 0 Å². The van der Waals surface area contributed by atoms with Gasteiger partial charge in [-0.05, 0) is 30.2 Å². The van der Waals surface area contributed by atoms with Crippen LogP contribution in [0.15, 0.2) is 18.2 Å². The normalized spacial score (nSPS) is 11.6. The number of halogens is 4. The highest BCUT2D eigenvalue weighted by molar-refractivity contribution is 5.37. The van der Waals surface area contributed by atoms with Crippen LogP contribution in [0.3, 0.4) is 0 Å². The predicted octanol–water partition coefficient (Wildman–Crippen LogP) is 3.28. The number of rotatable bonds is 5.